The van der Waals surface area contributed by atoms with Crippen LogP contribution in [0.25, 0.3) is 0 Å². The molecule has 0 unspecified atom stereocenters. The number of ether oxygens (including phenoxy) is 2. The van der Waals surface area contributed by atoms with E-state index in [0.717, 1.165) is 5.57 Å². The summed E-state index contributed by atoms with van der Waals surface area (Å²) in [6, 6.07) is 0. The van der Waals surface area contributed by atoms with Crippen molar-refractivity contribution in [2.75, 3.05) is 6.61 Å². The zero-order valence-corrected chi connectivity index (χ0v) is 15.3. The van der Waals surface area contributed by atoms with Crippen LogP contribution in [0.5, 0.6) is 0 Å². The lowest BCUT2D eigenvalue weighted by atomic mass is 10.1. The van der Waals surface area contributed by atoms with Crippen molar-refractivity contribution in [2.45, 2.75) is 77.2 Å². The summed E-state index contributed by atoms with van der Waals surface area (Å²) in [4.78, 5) is 12.3. The molecule has 1 saturated heterocycles. The van der Waals surface area contributed by atoms with Gasteiger partial charge in [-0.3, -0.25) is 4.79 Å². The number of hydrogen-bond acceptors (Lipinski definition) is 4. The number of ketones is 1. The smallest absolute Gasteiger partial charge is 0.191 e. The maximum absolute atomic E-state index is 12.3. The molecule has 4 nitrogen and oxygen atoms in total. The summed E-state index contributed by atoms with van der Waals surface area (Å²) < 4.78 is 17.5. The number of hydrogen-bond donors (Lipinski definition) is 0. The summed E-state index contributed by atoms with van der Waals surface area (Å²) in [5.41, 5.74) is 0.791. The Kier molecular flexibility index (Phi) is 4.26. The molecule has 2 atom stereocenters. The largest absolute Gasteiger partial charge is 0.416 e. The molecule has 1 aliphatic heterocycles. The van der Waals surface area contributed by atoms with E-state index in [-0.39, 0.29) is 16.9 Å². The van der Waals surface area contributed by atoms with Gasteiger partial charge in [0.2, 0.25) is 0 Å². The first-order valence-electron chi connectivity index (χ1n) is 7.67. The molecule has 0 aromatic carbocycles. The minimum Gasteiger partial charge on any atom is -0.416 e. The lowest BCUT2D eigenvalue weighted by molar-refractivity contribution is -0.153. The molecule has 0 saturated carbocycles. The molecule has 0 aromatic rings. The SMILES string of the molecule is CC1(C)O[C@@H]2C=C(CCO[Si](C)(C)C(C)(C)C)C(=O)[C@@H]2O1. The van der Waals surface area contributed by atoms with Crippen LogP contribution in [0.15, 0.2) is 11.6 Å². The van der Waals surface area contributed by atoms with Crippen molar-refractivity contribution in [3.8, 4) is 0 Å². The van der Waals surface area contributed by atoms with Crippen LogP contribution in [0.2, 0.25) is 18.1 Å². The molecule has 1 aliphatic carbocycles. The Balaban J connectivity index is 1.90. The lowest BCUT2D eigenvalue weighted by Gasteiger charge is -2.36. The molecule has 0 bridgehead atoms. The molecule has 1 fully saturated rings. The minimum atomic E-state index is -1.75. The van der Waals surface area contributed by atoms with Crippen molar-refractivity contribution in [3.63, 3.8) is 0 Å². The average molecular weight is 312 g/mol. The van der Waals surface area contributed by atoms with Gasteiger partial charge in [0.1, 0.15) is 6.10 Å². The third kappa shape index (κ3) is 3.47. The Bertz CT molecular complexity index is 459. The van der Waals surface area contributed by atoms with E-state index in [9.17, 15) is 4.79 Å². The topological polar surface area (TPSA) is 44.8 Å². The molecule has 21 heavy (non-hydrogen) atoms. The van der Waals surface area contributed by atoms with Crippen molar-refractivity contribution in [3.05, 3.63) is 11.6 Å². The summed E-state index contributed by atoms with van der Waals surface area (Å²) in [7, 11) is -1.75. The molecule has 2 aliphatic rings. The summed E-state index contributed by atoms with van der Waals surface area (Å²) in [5, 5.41) is 0.188. The predicted octanol–water partition coefficient (Wildman–Crippen LogP) is 3.43. The van der Waals surface area contributed by atoms with E-state index >= 15 is 0 Å². The summed E-state index contributed by atoms with van der Waals surface area (Å²) in [6.07, 6.45) is 1.88. The first-order valence-corrected chi connectivity index (χ1v) is 10.6. The molecule has 0 radical (unpaired) electrons. The van der Waals surface area contributed by atoms with Gasteiger partial charge in [-0.2, -0.15) is 0 Å². The van der Waals surface area contributed by atoms with E-state index < -0.39 is 20.2 Å². The maximum atomic E-state index is 12.3. The zero-order chi connectivity index (χ0) is 16.1. The Morgan fingerprint density at radius 2 is 1.90 bits per heavy atom. The van der Waals surface area contributed by atoms with Gasteiger partial charge in [-0.15, -0.1) is 0 Å². The summed E-state index contributed by atoms with van der Waals surface area (Å²) in [5.74, 6) is -0.602. The standard InChI is InChI=1S/C16H28O4Si/c1-15(2,3)21(6,7)18-9-8-11-10-12-14(13(11)17)20-16(4,5)19-12/h10,12,14H,8-9H2,1-7H3/t12-,14-/m1/s1. The van der Waals surface area contributed by atoms with Crippen LogP contribution in [0.1, 0.15) is 41.0 Å². The Labute approximate surface area is 129 Å². The number of carbonyl (C=O) groups is 1. The maximum Gasteiger partial charge on any atom is 0.191 e. The molecule has 0 aromatic heterocycles. The average Bonchev–Trinajstić information content (AvgIpc) is 2.72. The molecular formula is C16H28O4Si. The van der Waals surface area contributed by atoms with E-state index in [2.05, 4.69) is 33.9 Å². The van der Waals surface area contributed by atoms with Gasteiger partial charge in [-0.05, 0) is 50.0 Å². The van der Waals surface area contributed by atoms with E-state index in [4.69, 9.17) is 13.9 Å². The van der Waals surface area contributed by atoms with Crippen LogP contribution in [0.3, 0.4) is 0 Å². The number of fused-ring (bicyclic) bond motifs is 1. The molecule has 0 spiro atoms. The fourth-order valence-electron chi connectivity index (χ4n) is 2.42. The van der Waals surface area contributed by atoms with Crippen molar-refractivity contribution in [1.29, 1.82) is 0 Å². The normalized spacial score (nSPS) is 28.7. The molecule has 1 heterocycles. The van der Waals surface area contributed by atoms with Crippen molar-refractivity contribution >= 4 is 14.1 Å². The molecule has 0 N–H and O–H groups in total. The second kappa shape index (κ2) is 5.30. The van der Waals surface area contributed by atoms with Crippen LogP contribution >= 0.6 is 0 Å². The first kappa shape index (κ1) is 16.9. The molecule has 2 rings (SSSR count). The fraction of sp³-hybridized carbons (Fsp3) is 0.812. The molecular weight excluding hydrogens is 284 g/mol. The monoisotopic (exact) mass is 312 g/mol. The Morgan fingerprint density at radius 1 is 1.29 bits per heavy atom. The number of Topliss-reactive ketones (excluding diaryl/α,β-unsaturated/α-hetero) is 1. The van der Waals surface area contributed by atoms with Gasteiger partial charge in [-0.1, -0.05) is 20.8 Å². The second-order valence-electron chi connectivity index (χ2n) is 7.94. The van der Waals surface area contributed by atoms with Gasteiger partial charge in [0, 0.05) is 6.61 Å². The second-order valence-corrected chi connectivity index (χ2v) is 12.7. The van der Waals surface area contributed by atoms with Crippen molar-refractivity contribution in [1.82, 2.24) is 0 Å². The highest BCUT2D eigenvalue weighted by Crippen LogP contribution is 2.38. The highest BCUT2D eigenvalue weighted by atomic mass is 28.4. The van der Waals surface area contributed by atoms with E-state index in [1.54, 1.807) is 0 Å². The zero-order valence-electron chi connectivity index (χ0n) is 14.3. The molecule has 120 valence electrons. The van der Waals surface area contributed by atoms with Crippen molar-refractivity contribution in [2.24, 2.45) is 0 Å². The highest BCUT2D eigenvalue weighted by Gasteiger charge is 2.48. The Morgan fingerprint density at radius 3 is 2.43 bits per heavy atom. The van der Waals surface area contributed by atoms with E-state index in [1.165, 1.54) is 0 Å². The molecule has 5 heteroatoms. The minimum absolute atomic E-state index is 0.0596. The van der Waals surface area contributed by atoms with Crippen LogP contribution in [-0.2, 0) is 18.7 Å². The van der Waals surface area contributed by atoms with Crippen molar-refractivity contribution < 1.29 is 18.7 Å². The van der Waals surface area contributed by atoms with Crippen LogP contribution < -0.4 is 0 Å². The van der Waals surface area contributed by atoms with E-state index in [0.29, 0.717) is 13.0 Å². The fourth-order valence-corrected chi connectivity index (χ4v) is 3.46. The van der Waals surface area contributed by atoms with Gasteiger partial charge in [0.25, 0.3) is 0 Å². The quantitative estimate of drug-likeness (QED) is 0.746. The van der Waals surface area contributed by atoms with Gasteiger partial charge in [0.15, 0.2) is 26.0 Å². The lowest BCUT2D eigenvalue weighted by Crippen LogP contribution is -2.41. The summed E-state index contributed by atoms with van der Waals surface area (Å²) >= 11 is 0. The number of carbonyl (C=O) groups excluding carboxylic acids is 1. The highest BCUT2D eigenvalue weighted by molar-refractivity contribution is 6.74. The first-order chi connectivity index (χ1) is 9.43. The van der Waals surface area contributed by atoms with Gasteiger partial charge < -0.3 is 13.9 Å². The predicted molar refractivity (Wildman–Crippen MR) is 84.7 cm³/mol. The summed E-state index contributed by atoms with van der Waals surface area (Å²) in [6.45, 7) is 15.4. The van der Waals surface area contributed by atoms with E-state index in [1.807, 2.05) is 19.9 Å². The van der Waals surface area contributed by atoms with Gasteiger partial charge in [0.05, 0.1) is 0 Å². The Hall–Kier alpha value is -0.493. The van der Waals surface area contributed by atoms with Crippen LogP contribution in [0.4, 0.5) is 0 Å². The third-order valence-corrected chi connectivity index (χ3v) is 9.25. The van der Waals surface area contributed by atoms with Crippen LogP contribution in [0, 0.1) is 0 Å². The van der Waals surface area contributed by atoms with Crippen LogP contribution in [-0.4, -0.2) is 38.7 Å². The number of rotatable bonds is 4. The van der Waals surface area contributed by atoms with Gasteiger partial charge in [-0.25, -0.2) is 0 Å². The molecule has 0 amide bonds. The third-order valence-electron chi connectivity index (χ3n) is 4.71. The van der Waals surface area contributed by atoms with Gasteiger partial charge >= 0.3 is 0 Å².